The summed E-state index contributed by atoms with van der Waals surface area (Å²) in [5.74, 6) is 1.97. The van der Waals surface area contributed by atoms with Gasteiger partial charge in [0.1, 0.15) is 5.82 Å². The van der Waals surface area contributed by atoms with Crippen molar-refractivity contribution in [2.45, 2.75) is 45.2 Å². The zero-order valence-electron chi connectivity index (χ0n) is 16.8. The molecule has 3 rings (SSSR count). The van der Waals surface area contributed by atoms with E-state index in [4.69, 9.17) is 9.47 Å². The highest BCUT2D eigenvalue weighted by molar-refractivity contribution is 5.92. The first kappa shape index (κ1) is 19.9. The molecule has 7 heteroatoms. The number of carbonyl (C=O) groups is 1. The molecule has 0 radical (unpaired) electrons. The Hall–Kier alpha value is -2.83. The summed E-state index contributed by atoms with van der Waals surface area (Å²) in [4.78, 5) is 14.7. The maximum absolute atomic E-state index is 12.8. The van der Waals surface area contributed by atoms with Crippen LogP contribution in [0.3, 0.4) is 0 Å². The fourth-order valence-corrected chi connectivity index (χ4v) is 3.56. The number of amides is 1. The predicted molar refractivity (Wildman–Crippen MR) is 108 cm³/mol. The van der Waals surface area contributed by atoms with Crippen molar-refractivity contribution in [2.75, 3.05) is 26.1 Å². The molecule has 1 N–H and O–H groups in total. The van der Waals surface area contributed by atoms with Gasteiger partial charge >= 0.3 is 0 Å². The lowest BCUT2D eigenvalue weighted by atomic mass is 9.99. The van der Waals surface area contributed by atoms with Crippen molar-refractivity contribution in [2.24, 2.45) is 0 Å². The number of aromatic nitrogens is 2. The lowest BCUT2D eigenvalue weighted by molar-refractivity contribution is 0.0601. The first-order valence-corrected chi connectivity index (χ1v) is 9.75. The van der Waals surface area contributed by atoms with Crippen LogP contribution in [0.15, 0.2) is 30.3 Å². The molecule has 1 aromatic carbocycles. The van der Waals surface area contributed by atoms with Gasteiger partial charge in [0, 0.05) is 19.1 Å². The van der Waals surface area contributed by atoms with Gasteiger partial charge in [-0.15, -0.1) is 10.2 Å². The molecule has 1 aliphatic heterocycles. The number of piperidine rings is 1. The van der Waals surface area contributed by atoms with Gasteiger partial charge in [-0.1, -0.05) is 13.0 Å². The van der Waals surface area contributed by atoms with E-state index in [2.05, 4.69) is 22.4 Å². The van der Waals surface area contributed by atoms with Gasteiger partial charge in [-0.3, -0.25) is 4.79 Å². The molecule has 1 saturated heterocycles. The molecule has 2 heterocycles. The second-order valence-electron chi connectivity index (χ2n) is 6.90. The molecule has 1 unspecified atom stereocenters. The van der Waals surface area contributed by atoms with E-state index in [1.807, 2.05) is 23.1 Å². The van der Waals surface area contributed by atoms with Gasteiger partial charge in [0.15, 0.2) is 17.2 Å². The van der Waals surface area contributed by atoms with Crippen LogP contribution in [0.5, 0.6) is 11.5 Å². The molecule has 2 aromatic rings. The van der Waals surface area contributed by atoms with Crippen LogP contribution < -0.4 is 14.8 Å². The number of rotatable bonds is 7. The van der Waals surface area contributed by atoms with Crippen LogP contribution in [0.25, 0.3) is 0 Å². The molecule has 1 fully saturated rings. The molecule has 28 heavy (non-hydrogen) atoms. The second-order valence-corrected chi connectivity index (χ2v) is 6.90. The topological polar surface area (TPSA) is 76.6 Å². The number of nitrogens with one attached hydrogen (secondary N) is 1. The van der Waals surface area contributed by atoms with Crippen LogP contribution in [0.1, 0.15) is 48.7 Å². The van der Waals surface area contributed by atoms with Gasteiger partial charge < -0.3 is 19.7 Å². The zero-order valence-corrected chi connectivity index (χ0v) is 16.8. The molecule has 0 aliphatic carbocycles. The van der Waals surface area contributed by atoms with Crippen molar-refractivity contribution in [1.29, 1.82) is 0 Å². The van der Waals surface area contributed by atoms with Crippen LogP contribution in [0, 0.1) is 0 Å². The van der Waals surface area contributed by atoms with E-state index in [1.54, 1.807) is 26.4 Å². The smallest absolute Gasteiger partial charge is 0.274 e. The second kappa shape index (κ2) is 9.39. The predicted octanol–water partition coefficient (Wildman–Crippen LogP) is 3.51. The van der Waals surface area contributed by atoms with Crippen LogP contribution in [-0.2, 0) is 6.54 Å². The number of anilines is 1. The fourth-order valence-electron chi connectivity index (χ4n) is 3.56. The Kier molecular flexibility index (Phi) is 6.68. The van der Waals surface area contributed by atoms with Crippen molar-refractivity contribution in [3.63, 3.8) is 0 Å². The van der Waals surface area contributed by atoms with E-state index >= 15 is 0 Å². The first-order chi connectivity index (χ1) is 13.7. The van der Waals surface area contributed by atoms with Crippen molar-refractivity contribution < 1.29 is 14.3 Å². The average Bonchev–Trinajstić information content (AvgIpc) is 2.77. The van der Waals surface area contributed by atoms with Crippen molar-refractivity contribution in [3.05, 3.63) is 41.6 Å². The lowest BCUT2D eigenvalue weighted by Gasteiger charge is -2.34. The number of carbonyl (C=O) groups excluding carboxylic acids is 1. The molecule has 1 atom stereocenters. The van der Waals surface area contributed by atoms with Gasteiger partial charge in [-0.05, 0) is 55.5 Å². The Morgan fingerprint density at radius 2 is 1.96 bits per heavy atom. The number of ether oxygens (including phenoxy) is 2. The van der Waals surface area contributed by atoms with E-state index in [-0.39, 0.29) is 5.91 Å². The van der Waals surface area contributed by atoms with Gasteiger partial charge in [-0.2, -0.15) is 0 Å². The minimum absolute atomic E-state index is 0.0227. The van der Waals surface area contributed by atoms with Gasteiger partial charge in [0.25, 0.3) is 5.91 Å². The van der Waals surface area contributed by atoms with Crippen molar-refractivity contribution in [1.82, 2.24) is 15.1 Å². The van der Waals surface area contributed by atoms with Crippen LogP contribution in [0.2, 0.25) is 0 Å². The maximum Gasteiger partial charge on any atom is 0.274 e. The molecular weight excluding hydrogens is 356 g/mol. The van der Waals surface area contributed by atoms with E-state index < -0.39 is 0 Å². The maximum atomic E-state index is 12.8. The van der Waals surface area contributed by atoms with E-state index in [0.29, 0.717) is 35.6 Å². The quantitative estimate of drug-likeness (QED) is 0.787. The van der Waals surface area contributed by atoms with Crippen LogP contribution in [-0.4, -0.2) is 47.8 Å². The summed E-state index contributed by atoms with van der Waals surface area (Å²) in [6, 6.07) is 9.59. The largest absolute Gasteiger partial charge is 0.493 e. The van der Waals surface area contributed by atoms with Crippen LogP contribution >= 0.6 is 0 Å². The molecule has 0 saturated carbocycles. The molecule has 1 amide bonds. The Labute approximate surface area is 166 Å². The molecule has 0 bridgehead atoms. The average molecular weight is 384 g/mol. The Morgan fingerprint density at radius 1 is 1.14 bits per heavy atom. The van der Waals surface area contributed by atoms with E-state index in [9.17, 15) is 4.79 Å². The fraction of sp³-hybridized carbons (Fsp3) is 0.476. The van der Waals surface area contributed by atoms with Crippen LogP contribution in [0.4, 0.5) is 5.82 Å². The number of likely N-dealkylation sites (tertiary alicyclic amines) is 1. The first-order valence-electron chi connectivity index (χ1n) is 9.75. The van der Waals surface area contributed by atoms with Gasteiger partial charge in [0.2, 0.25) is 0 Å². The summed E-state index contributed by atoms with van der Waals surface area (Å²) >= 11 is 0. The third kappa shape index (κ3) is 4.52. The number of hydrogen-bond acceptors (Lipinski definition) is 6. The van der Waals surface area contributed by atoms with Crippen molar-refractivity contribution in [3.8, 4) is 11.5 Å². The zero-order chi connectivity index (χ0) is 19.9. The molecule has 150 valence electrons. The molecule has 1 aromatic heterocycles. The summed E-state index contributed by atoms with van der Waals surface area (Å²) in [5.41, 5.74) is 1.43. The standard InChI is InChI=1S/C21H28N4O3/c1-4-16-7-5-6-12-25(16)21(26)17-9-11-20(24-23-17)22-14-15-8-10-18(27-2)19(13-15)28-3/h8-11,13,16H,4-7,12,14H2,1-3H3,(H,22,24). The highest BCUT2D eigenvalue weighted by Gasteiger charge is 2.27. The minimum atomic E-state index is -0.0227. The molecular formula is C21H28N4O3. The Morgan fingerprint density at radius 3 is 2.64 bits per heavy atom. The van der Waals surface area contributed by atoms with E-state index in [1.165, 1.54) is 6.42 Å². The number of methoxy groups -OCH3 is 2. The normalized spacial score (nSPS) is 16.5. The third-order valence-electron chi connectivity index (χ3n) is 5.16. The Balaban J connectivity index is 1.62. The molecule has 0 spiro atoms. The van der Waals surface area contributed by atoms with Gasteiger partial charge in [0.05, 0.1) is 14.2 Å². The molecule has 1 aliphatic rings. The third-order valence-corrected chi connectivity index (χ3v) is 5.16. The minimum Gasteiger partial charge on any atom is -0.493 e. The summed E-state index contributed by atoms with van der Waals surface area (Å²) in [6.45, 7) is 3.49. The van der Waals surface area contributed by atoms with Crippen molar-refractivity contribution >= 4 is 11.7 Å². The van der Waals surface area contributed by atoms with Gasteiger partial charge in [-0.25, -0.2) is 0 Å². The monoisotopic (exact) mass is 384 g/mol. The summed E-state index contributed by atoms with van der Waals surface area (Å²) in [7, 11) is 3.22. The molecule has 7 nitrogen and oxygen atoms in total. The summed E-state index contributed by atoms with van der Waals surface area (Å²) < 4.78 is 10.6. The number of nitrogens with zero attached hydrogens (tertiary/aromatic N) is 3. The number of benzene rings is 1. The highest BCUT2D eigenvalue weighted by Crippen LogP contribution is 2.27. The summed E-state index contributed by atoms with van der Waals surface area (Å²) in [5, 5.41) is 11.5. The Bertz CT molecular complexity index is 795. The van der Waals surface area contributed by atoms with E-state index in [0.717, 1.165) is 31.4 Å². The number of hydrogen-bond donors (Lipinski definition) is 1. The lowest BCUT2D eigenvalue weighted by Crippen LogP contribution is -2.43. The SMILES string of the molecule is CCC1CCCCN1C(=O)c1ccc(NCc2ccc(OC)c(OC)c2)nn1. The summed E-state index contributed by atoms with van der Waals surface area (Å²) in [6.07, 6.45) is 4.29. The highest BCUT2D eigenvalue weighted by atomic mass is 16.5.